The molecule has 0 heterocycles. The van der Waals surface area contributed by atoms with Gasteiger partial charge in [-0.15, -0.1) is 0 Å². The number of benzene rings is 2. The zero-order chi connectivity index (χ0) is 16.2. The highest BCUT2D eigenvalue weighted by molar-refractivity contribution is 8.76. The molecule has 0 fully saturated rings. The predicted molar refractivity (Wildman–Crippen MR) is 103 cm³/mol. The molecular weight excluding hydrogens is 308 g/mol. The summed E-state index contributed by atoms with van der Waals surface area (Å²) < 4.78 is 0.921. The second kappa shape index (κ2) is 7.44. The van der Waals surface area contributed by atoms with Crippen LogP contribution in [0, 0.1) is 0 Å². The van der Waals surface area contributed by atoms with Crippen molar-refractivity contribution in [3.63, 3.8) is 0 Å². The molecule has 0 saturated heterocycles. The first-order chi connectivity index (χ1) is 10.4. The largest absolute Gasteiger partial charge is 0.378 e. The maximum absolute atomic E-state index is 2.24. The number of hydrogen-bond acceptors (Lipinski definition) is 3. The predicted octanol–water partition coefficient (Wildman–Crippen LogP) is 5.14. The van der Waals surface area contributed by atoms with E-state index in [-0.39, 0.29) is 0 Å². The van der Waals surface area contributed by atoms with Crippen LogP contribution in [0.25, 0.3) is 0 Å². The first-order valence-electron chi connectivity index (χ1n) is 7.48. The average molecular weight is 334 g/mol. The maximum Gasteiger partial charge on any atom is 0.132 e. The molecule has 2 aromatic carbocycles. The Bertz CT molecular complexity index is 589. The van der Waals surface area contributed by atoms with E-state index in [1.807, 2.05) is 10.8 Å². The van der Waals surface area contributed by atoms with Crippen molar-refractivity contribution in [2.24, 2.45) is 0 Å². The SMILES string of the molecule is CC[N+](C)(C)c1ccc(SSc2ccc(N(C)C)cc2)cc1. The van der Waals surface area contributed by atoms with Crippen LogP contribution in [0.3, 0.4) is 0 Å². The summed E-state index contributed by atoms with van der Waals surface area (Å²) in [6.45, 7) is 3.31. The Hall–Kier alpha value is -1.10. The van der Waals surface area contributed by atoms with E-state index in [0.29, 0.717) is 0 Å². The van der Waals surface area contributed by atoms with Crippen molar-refractivity contribution in [3.8, 4) is 0 Å². The van der Waals surface area contributed by atoms with Gasteiger partial charge in [0.1, 0.15) is 5.69 Å². The fourth-order valence-corrected chi connectivity index (χ4v) is 3.91. The molecule has 0 saturated carbocycles. The van der Waals surface area contributed by atoms with E-state index >= 15 is 0 Å². The van der Waals surface area contributed by atoms with Gasteiger partial charge in [-0.2, -0.15) is 0 Å². The lowest BCUT2D eigenvalue weighted by atomic mass is 10.2. The lowest BCUT2D eigenvalue weighted by molar-refractivity contribution is 0.420. The third kappa shape index (κ3) is 4.45. The van der Waals surface area contributed by atoms with E-state index in [0.717, 1.165) is 11.0 Å². The van der Waals surface area contributed by atoms with Gasteiger partial charge in [-0.1, -0.05) is 21.6 Å². The zero-order valence-corrected chi connectivity index (χ0v) is 15.7. The molecular formula is C18H25N2S2+. The summed E-state index contributed by atoms with van der Waals surface area (Å²) in [5, 5.41) is 0. The Morgan fingerprint density at radius 3 is 1.68 bits per heavy atom. The first-order valence-corrected chi connectivity index (χ1v) is 9.63. The standard InChI is InChI=1S/C18H25N2S2/c1-6-20(4,5)16-9-13-18(14-10-16)22-21-17-11-7-15(8-12-17)19(2)3/h7-14H,6H2,1-5H3/q+1. The molecule has 0 unspecified atom stereocenters. The summed E-state index contributed by atoms with van der Waals surface area (Å²) in [6, 6.07) is 17.6. The third-order valence-electron chi connectivity index (χ3n) is 3.91. The average Bonchev–Trinajstić information content (AvgIpc) is 2.53. The van der Waals surface area contributed by atoms with E-state index in [9.17, 15) is 0 Å². The van der Waals surface area contributed by atoms with Crippen LogP contribution in [0.15, 0.2) is 58.3 Å². The molecule has 0 atom stereocenters. The fourth-order valence-electron chi connectivity index (χ4n) is 1.98. The van der Waals surface area contributed by atoms with E-state index in [4.69, 9.17) is 0 Å². The van der Waals surface area contributed by atoms with Crippen molar-refractivity contribution in [1.29, 1.82) is 0 Å². The second-order valence-electron chi connectivity index (χ2n) is 6.05. The van der Waals surface area contributed by atoms with Crippen LogP contribution in [0.5, 0.6) is 0 Å². The molecule has 0 aliphatic heterocycles. The second-order valence-corrected chi connectivity index (χ2v) is 8.33. The number of quaternary nitrogens is 1. The molecule has 22 heavy (non-hydrogen) atoms. The lowest BCUT2D eigenvalue weighted by Gasteiger charge is -2.27. The van der Waals surface area contributed by atoms with Gasteiger partial charge in [-0.3, -0.25) is 4.48 Å². The van der Waals surface area contributed by atoms with Gasteiger partial charge in [-0.25, -0.2) is 0 Å². The molecule has 0 radical (unpaired) electrons. The highest BCUT2D eigenvalue weighted by Gasteiger charge is 2.15. The van der Waals surface area contributed by atoms with Gasteiger partial charge in [-0.05, 0) is 43.3 Å². The quantitative estimate of drug-likeness (QED) is 0.532. The van der Waals surface area contributed by atoms with E-state index in [1.54, 1.807) is 10.8 Å². The Kier molecular flexibility index (Phi) is 5.84. The molecule has 0 amide bonds. The van der Waals surface area contributed by atoms with Gasteiger partial charge in [0.25, 0.3) is 0 Å². The van der Waals surface area contributed by atoms with Crippen LogP contribution in [-0.4, -0.2) is 34.7 Å². The van der Waals surface area contributed by atoms with Crippen LogP contribution < -0.4 is 9.38 Å². The maximum atomic E-state index is 2.24. The number of rotatable bonds is 6. The fraction of sp³-hybridized carbons (Fsp3) is 0.333. The lowest BCUT2D eigenvalue weighted by Crippen LogP contribution is -2.39. The monoisotopic (exact) mass is 333 g/mol. The molecule has 0 N–H and O–H groups in total. The van der Waals surface area contributed by atoms with Crippen molar-refractivity contribution >= 4 is 33.0 Å². The van der Waals surface area contributed by atoms with Gasteiger partial charge in [0.05, 0.1) is 20.6 Å². The molecule has 0 spiro atoms. The summed E-state index contributed by atoms with van der Waals surface area (Å²) >= 11 is 0. The Morgan fingerprint density at radius 1 is 0.818 bits per heavy atom. The van der Waals surface area contributed by atoms with Crippen molar-refractivity contribution in [2.75, 3.05) is 39.6 Å². The van der Waals surface area contributed by atoms with Gasteiger partial charge < -0.3 is 4.90 Å². The Labute approximate surface area is 142 Å². The minimum atomic E-state index is 0.921. The normalized spacial score (nSPS) is 11.5. The summed E-state index contributed by atoms with van der Waals surface area (Å²) in [6.07, 6.45) is 0. The zero-order valence-electron chi connectivity index (χ0n) is 14.0. The van der Waals surface area contributed by atoms with Gasteiger partial charge in [0.2, 0.25) is 0 Å². The minimum Gasteiger partial charge on any atom is -0.378 e. The van der Waals surface area contributed by atoms with E-state index in [1.165, 1.54) is 21.2 Å². The van der Waals surface area contributed by atoms with Crippen molar-refractivity contribution in [1.82, 2.24) is 4.48 Å². The molecule has 0 aromatic heterocycles. The van der Waals surface area contributed by atoms with Gasteiger partial charge >= 0.3 is 0 Å². The van der Waals surface area contributed by atoms with Crippen LogP contribution in [-0.2, 0) is 0 Å². The minimum absolute atomic E-state index is 0.921. The smallest absolute Gasteiger partial charge is 0.132 e. The third-order valence-corrected chi connectivity index (χ3v) is 6.33. The Balaban J connectivity index is 1.97. The summed E-state index contributed by atoms with van der Waals surface area (Å²) in [4.78, 5) is 4.69. The van der Waals surface area contributed by atoms with Crippen LogP contribution in [0.2, 0.25) is 0 Å². The van der Waals surface area contributed by atoms with Gasteiger partial charge in [0, 0.05) is 41.7 Å². The molecule has 0 aliphatic carbocycles. The summed E-state index contributed by atoms with van der Waals surface area (Å²) in [5.41, 5.74) is 2.59. The molecule has 2 rings (SSSR count). The topological polar surface area (TPSA) is 3.24 Å². The van der Waals surface area contributed by atoms with Crippen LogP contribution in [0.4, 0.5) is 11.4 Å². The highest BCUT2D eigenvalue weighted by Crippen LogP contribution is 2.38. The van der Waals surface area contributed by atoms with Gasteiger partial charge in [0.15, 0.2) is 0 Å². The van der Waals surface area contributed by atoms with Crippen molar-refractivity contribution < 1.29 is 0 Å². The molecule has 0 aliphatic rings. The first kappa shape index (κ1) is 17.3. The molecule has 0 bridgehead atoms. The molecule has 2 nitrogen and oxygen atoms in total. The number of hydrogen-bond donors (Lipinski definition) is 0. The van der Waals surface area contributed by atoms with Crippen molar-refractivity contribution in [3.05, 3.63) is 48.5 Å². The number of nitrogens with zero attached hydrogens (tertiary/aromatic N) is 2. The highest BCUT2D eigenvalue weighted by atomic mass is 33.1. The van der Waals surface area contributed by atoms with E-state index < -0.39 is 0 Å². The summed E-state index contributed by atoms with van der Waals surface area (Å²) in [7, 11) is 12.2. The molecule has 118 valence electrons. The van der Waals surface area contributed by atoms with Crippen LogP contribution in [0.1, 0.15) is 6.92 Å². The van der Waals surface area contributed by atoms with Crippen LogP contribution >= 0.6 is 21.6 Å². The van der Waals surface area contributed by atoms with E-state index in [2.05, 4.69) is 88.5 Å². The molecule has 2 aromatic rings. The molecule has 4 heteroatoms. The summed E-state index contributed by atoms with van der Waals surface area (Å²) in [5.74, 6) is 0. The van der Waals surface area contributed by atoms with Crippen molar-refractivity contribution in [2.45, 2.75) is 16.7 Å². The number of anilines is 1. The Morgan fingerprint density at radius 2 is 1.27 bits per heavy atom.